The summed E-state index contributed by atoms with van der Waals surface area (Å²) in [5.74, 6) is -2.21. The van der Waals surface area contributed by atoms with Gasteiger partial charge in [0.15, 0.2) is 0 Å². The van der Waals surface area contributed by atoms with Crippen molar-refractivity contribution < 1.29 is 19.8 Å². The maximum atomic E-state index is 10.6. The first-order valence-electron chi connectivity index (χ1n) is 4.02. The molecule has 0 heterocycles. The molecule has 5 nitrogen and oxygen atoms in total. The number of carboxylic acid groups (broad SMARTS) is 2. The van der Waals surface area contributed by atoms with Gasteiger partial charge in [-0.15, -0.1) is 0 Å². The van der Waals surface area contributed by atoms with Crippen LogP contribution in [0.3, 0.4) is 0 Å². The van der Waals surface area contributed by atoms with Crippen molar-refractivity contribution in [3.8, 4) is 6.07 Å². The Hall–Kier alpha value is -2.35. The third-order valence-electron chi connectivity index (χ3n) is 1.82. The molecule has 0 fully saturated rings. The number of hydrogen-bond acceptors (Lipinski definition) is 3. The van der Waals surface area contributed by atoms with Gasteiger partial charge in [-0.25, -0.2) is 4.79 Å². The topological polar surface area (TPSA) is 98.4 Å². The second-order valence-corrected chi connectivity index (χ2v) is 2.86. The Labute approximate surface area is 85.2 Å². The molecule has 0 amide bonds. The molecule has 15 heavy (non-hydrogen) atoms. The van der Waals surface area contributed by atoms with Crippen LogP contribution < -0.4 is 0 Å². The summed E-state index contributed by atoms with van der Waals surface area (Å²) in [6.07, 6.45) is -0.289. The summed E-state index contributed by atoms with van der Waals surface area (Å²) < 4.78 is 0. The summed E-state index contributed by atoms with van der Waals surface area (Å²) >= 11 is 0. The number of aromatic carboxylic acids is 1. The minimum atomic E-state index is -1.15. The van der Waals surface area contributed by atoms with Crippen LogP contribution in [0.15, 0.2) is 18.2 Å². The number of nitriles is 1. The van der Waals surface area contributed by atoms with Crippen molar-refractivity contribution >= 4 is 11.9 Å². The van der Waals surface area contributed by atoms with E-state index in [1.165, 1.54) is 18.2 Å². The molecule has 1 aromatic rings. The van der Waals surface area contributed by atoms with E-state index in [2.05, 4.69) is 0 Å². The fourth-order valence-corrected chi connectivity index (χ4v) is 1.13. The van der Waals surface area contributed by atoms with Gasteiger partial charge in [0.1, 0.15) is 0 Å². The lowest BCUT2D eigenvalue weighted by Crippen LogP contribution is -2.04. The summed E-state index contributed by atoms with van der Waals surface area (Å²) in [5.41, 5.74) is 0.369. The molecule has 76 valence electrons. The molecule has 1 rings (SSSR count). The van der Waals surface area contributed by atoms with E-state index < -0.39 is 11.9 Å². The van der Waals surface area contributed by atoms with E-state index in [4.69, 9.17) is 15.5 Å². The summed E-state index contributed by atoms with van der Waals surface area (Å²) in [6.45, 7) is 0. The van der Waals surface area contributed by atoms with Crippen molar-refractivity contribution in [2.75, 3.05) is 0 Å². The molecule has 0 saturated carbocycles. The molecule has 0 radical (unpaired) electrons. The van der Waals surface area contributed by atoms with Gasteiger partial charge < -0.3 is 10.2 Å². The van der Waals surface area contributed by atoms with Gasteiger partial charge in [-0.2, -0.15) is 5.26 Å². The van der Waals surface area contributed by atoms with E-state index in [-0.39, 0.29) is 17.5 Å². The maximum Gasteiger partial charge on any atom is 0.335 e. The van der Waals surface area contributed by atoms with Crippen molar-refractivity contribution in [3.63, 3.8) is 0 Å². The van der Waals surface area contributed by atoms with E-state index in [0.29, 0.717) is 5.56 Å². The molecular weight excluding hydrogens is 198 g/mol. The first-order chi connectivity index (χ1) is 7.04. The van der Waals surface area contributed by atoms with Gasteiger partial charge in [0.2, 0.25) is 0 Å². The molecule has 0 aliphatic heterocycles. The molecule has 0 aliphatic rings. The highest BCUT2D eigenvalue weighted by Crippen LogP contribution is 2.12. The fourth-order valence-electron chi connectivity index (χ4n) is 1.13. The van der Waals surface area contributed by atoms with Crippen LogP contribution in [0, 0.1) is 11.3 Å². The second kappa shape index (κ2) is 4.24. The Morgan fingerprint density at radius 1 is 1.33 bits per heavy atom. The average molecular weight is 205 g/mol. The number of nitrogens with zero attached hydrogens (tertiary/aromatic N) is 1. The van der Waals surface area contributed by atoms with Crippen molar-refractivity contribution in [2.45, 2.75) is 6.42 Å². The van der Waals surface area contributed by atoms with E-state index in [0.717, 1.165) is 0 Å². The molecule has 0 aliphatic carbocycles. The third kappa shape index (κ3) is 2.54. The molecule has 0 aromatic heterocycles. The van der Waals surface area contributed by atoms with Crippen LogP contribution in [0.5, 0.6) is 0 Å². The first-order valence-corrected chi connectivity index (χ1v) is 4.02. The molecule has 5 heteroatoms. The van der Waals surface area contributed by atoms with Crippen LogP contribution in [0.4, 0.5) is 0 Å². The minimum Gasteiger partial charge on any atom is -0.481 e. The number of hydrogen-bond donors (Lipinski definition) is 2. The largest absolute Gasteiger partial charge is 0.481 e. The van der Waals surface area contributed by atoms with E-state index >= 15 is 0 Å². The second-order valence-electron chi connectivity index (χ2n) is 2.86. The van der Waals surface area contributed by atoms with Crippen molar-refractivity contribution in [3.05, 3.63) is 34.9 Å². The van der Waals surface area contributed by atoms with E-state index in [9.17, 15) is 9.59 Å². The molecular formula is C10H7NO4. The van der Waals surface area contributed by atoms with Crippen molar-refractivity contribution in [2.24, 2.45) is 0 Å². The number of carboxylic acids is 2. The molecule has 0 bridgehead atoms. The highest BCUT2D eigenvalue weighted by Gasteiger charge is 2.10. The molecule has 1 aromatic carbocycles. The third-order valence-corrected chi connectivity index (χ3v) is 1.82. The van der Waals surface area contributed by atoms with Gasteiger partial charge in [-0.1, -0.05) is 6.07 Å². The normalized spacial score (nSPS) is 9.27. The summed E-state index contributed by atoms with van der Waals surface area (Å²) in [7, 11) is 0. The summed E-state index contributed by atoms with van der Waals surface area (Å²) in [4.78, 5) is 21.0. The standard InChI is InChI=1S/C10H7NO4/c11-5-8-3-7(10(14)15)2-1-6(8)4-9(12)13/h1-3H,4H2,(H,12,13)(H,14,15). The lowest BCUT2D eigenvalue weighted by Gasteiger charge is -2.01. The highest BCUT2D eigenvalue weighted by molar-refractivity contribution is 5.88. The van der Waals surface area contributed by atoms with Crippen molar-refractivity contribution in [1.29, 1.82) is 5.26 Å². The predicted molar refractivity (Wildman–Crippen MR) is 49.5 cm³/mol. The maximum absolute atomic E-state index is 10.6. The number of aliphatic carboxylic acids is 1. The monoisotopic (exact) mass is 205 g/mol. The van der Waals surface area contributed by atoms with E-state index in [1.807, 2.05) is 0 Å². The smallest absolute Gasteiger partial charge is 0.335 e. The molecule has 2 N–H and O–H groups in total. The van der Waals surface area contributed by atoms with Crippen LogP contribution in [-0.2, 0) is 11.2 Å². The lowest BCUT2D eigenvalue weighted by molar-refractivity contribution is -0.136. The fraction of sp³-hybridized carbons (Fsp3) is 0.100. The van der Waals surface area contributed by atoms with Crippen LogP contribution in [0.2, 0.25) is 0 Å². The molecule has 0 atom stereocenters. The predicted octanol–water partition coefficient (Wildman–Crippen LogP) is 0.884. The lowest BCUT2D eigenvalue weighted by atomic mass is 10.0. The van der Waals surface area contributed by atoms with Gasteiger partial charge in [0, 0.05) is 0 Å². The molecule has 0 spiro atoms. The van der Waals surface area contributed by atoms with Crippen LogP contribution >= 0.6 is 0 Å². The number of rotatable bonds is 3. The Bertz CT molecular complexity index is 459. The molecule has 0 unspecified atom stereocenters. The van der Waals surface area contributed by atoms with Gasteiger partial charge in [0.05, 0.1) is 23.6 Å². The van der Waals surface area contributed by atoms with Crippen LogP contribution in [-0.4, -0.2) is 22.2 Å². The van der Waals surface area contributed by atoms with Gasteiger partial charge in [0.25, 0.3) is 0 Å². The Kier molecular flexibility index (Phi) is 3.03. The van der Waals surface area contributed by atoms with Crippen molar-refractivity contribution in [1.82, 2.24) is 0 Å². The van der Waals surface area contributed by atoms with Gasteiger partial charge >= 0.3 is 11.9 Å². The number of benzene rings is 1. The quantitative estimate of drug-likeness (QED) is 0.763. The first kappa shape index (κ1) is 10.7. The minimum absolute atomic E-state index is 0.0271. The number of carbonyl (C=O) groups is 2. The zero-order valence-corrected chi connectivity index (χ0v) is 7.60. The zero-order valence-electron chi connectivity index (χ0n) is 7.60. The summed E-state index contributed by atoms with van der Waals surface area (Å²) in [6, 6.07) is 5.56. The van der Waals surface area contributed by atoms with Crippen LogP contribution in [0.1, 0.15) is 21.5 Å². The Morgan fingerprint density at radius 3 is 2.47 bits per heavy atom. The van der Waals surface area contributed by atoms with Gasteiger partial charge in [-0.05, 0) is 17.7 Å². The summed E-state index contributed by atoms with van der Waals surface area (Å²) in [5, 5.41) is 25.9. The average Bonchev–Trinajstić information content (AvgIpc) is 2.17. The van der Waals surface area contributed by atoms with Gasteiger partial charge in [-0.3, -0.25) is 4.79 Å². The SMILES string of the molecule is N#Cc1cc(C(=O)O)ccc1CC(=O)O. The zero-order chi connectivity index (χ0) is 11.4. The van der Waals surface area contributed by atoms with Crippen LogP contribution in [0.25, 0.3) is 0 Å². The van der Waals surface area contributed by atoms with E-state index in [1.54, 1.807) is 6.07 Å². The Balaban J connectivity index is 3.16. The molecule has 0 saturated heterocycles. The Morgan fingerprint density at radius 2 is 2.00 bits per heavy atom. The highest BCUT2D eigenvalue weighted by atomic mass is 16.4.